The van der Waals surface area contributed by atoms with Crippen LogP contribution in [0.5, 0.6) is 0 Å². The second-order valence-electron chi connectivity index (χ2n) is 6.83. The van der Waals surface area contributed by atoms with Crippen molar-refractivity contribution in [2.45, 2.75) is 39.0 Å². The Hall–Kier alpha value is -1.34. The second-order valence-corrected chi connectivity index (χ2v) is 10.2. The van der Waals surface area contributed by atoms with E-state index in [-0.39, 0.29) is 34.6 Å². The maximum atomic E-state index is 12.1. The fourth-order valence-corrected chi connectivity index (χ4v) is 6.88. The summed E-state index contributed by atoms with van der Waals surface area (Å²) in [7, 11) is -3.04. The van der Waals surface area contributed by atoms with Crippen molar-refractivity contribution in [3.8, 4) is 0 Å². The molecule has 2 saturated heterocycles. The number of hydrogen-bond donors (Lipinski definition) is 0. The molecular formula is C17H22N2O3S2. The molecule has 0 unspecified atom stereocenters. The molecule has 0 bridgehead atoms. The molecule has 7 heteroatoms. The zero-order chi connectivity index (χ0) is 17.6. The largest absolute Gasteiger partial charge is 0.316 e. The van der Waals surface area contributed by atoms with Crippen molar-refractivity contribution in [1.82, 2.24) is 0 Å². The minimum atomic E-state index is -3.04. The average molecular weight is 367 g/mol. The molecule has 1 amide bonds. The molecule has 2 aliphatic rings. The highest BCUT2D eigenvalue weighted by molar-refractivity contribution is 8.16. The van der Waals surface area contributed by atoms with Crippen LogP contribution in [0.15, 0.2) is 23.2 Å². The third-order valence-corrected chi connectivity index (χ3v) is 7.74. The molecule has 3 rings (SSSR count). The first-order valence-corrected chi connectivity index (χ1v) is 10.7. The van der Waals surface area contributed by atoms with Gasteiger partial charge in [-0.25, -0.2) is 8.42 Å². The number of fused-ring (bicyclic) bond motifs is 1. The number of hydrogen-bond acceptors (Lipinski definition) is 4. The smallest absolute Gasteiger partial charge is 0.250 e. The molecular weight excluding hydrogens is 344 g/mol. The number of amides is 1. The lowest BCUT2D eigenvalue weighted by Crippen LogP contribution is -2.37. The van der Waals surface area contributed by atoms with Crippen LogP contribution in [0.25, 0.3) is 0 Å². The van der Waals surface area contributed by atoms with Gasteiger partial charge in [0.1, 0.15) is 0 Å². The van der Waals surface area contributed by atoms with Crippen LogP contribution in [0.1, 0.15) is 25.0 Å². The first-order chi connectivity index (χ1) is 11.2. The number of nitrogens with zero attached hydrogens (tertiary/aromatic N) is 2. The summed E-state index contributed by atoms with van der Waals surface area (Å²) in [5, 5.41) is 0.567. The summed E-state index contributed by atoms with van der Waals surface area (Å²) >= 11 is 1.42. The number of amidine groups is 1. The van der Waals surface area contributed by atoms with Crippen LogP contribution in [0.2, 0.25) is 0 Å². The Morgan fingerprint density at radius 3 is 2.58 bits per heavy atom. The molecule has 0 aliphatic carbocycles. The Morgan fingerprint density at radius 1 is 1.25 bits per heavy atom. The van der Waals surface area contributed by atoms with Crippen LogP contribution in [-0.4, -0.2) is 42.3 Å². The number of carbonyl (C=O) groups excluding carboxylic acids is 1. The molecule has 0 N–H and O–H groups in total. The summed E-state index contributed by atoms with van der Waals surface area (Å²) in [4.78, 5) is 18.3. The van der Waals surface area contributed by atoms with E-state index >= 15 is 0 Å². The lowest BCUT2D eigenvalue weighted by Gasteiger charge is -2.25. The number of anilines is 1. The number of sulfone groups is 1. The predicted molar refractivity (Wildman–Crippen MR) is 99.5 cm³/mol. The Morgan fingerprint density at radius 2 is 1.96 bits per heavy atom. The molecule has 0 saturated carbocycles. The number of aliphatic imine (C=N–C) groups is 1. The van der Waals surface area contributed by atoms with Gasteiger partial charge in [-0.1, -0.05) is 31.7 Å². The number of thioether (sulfide) groups is 1. The lowest BCUT2D eigenvalue weighted by molar-refractivity contribution is -0.120. The van der Waals surface area contributed by atoms with Gasteiger partial charge in [-0.15, -0.1) is 0 Å². The summed E-state index contributed by atoms with van der Waals surface area (Å²) in [5.74, 6) is -0.0801. The number of carbonyl (C=O) groups is 1. The summed E-state index contributed by atoms with van der Waals surface area (Å²) in [6.07, 6.45) is 0. The number of benzene rings is 1. The van der Waals surface area contributed by atoms with Gasteiger partial charge >= 0.3 is 0 Å². The molecule has 0 radical (unpaired) electrons. The van der Waals surface area contributed by atoms with Gasteiger partial charge in [-0.3, -0.25) is 4.79 Å². The molecule has 0 spiro atoms. The highest BCUT2D eigenvalue weighted by atomic mass is 32.2. The number of aryl methyl sites for hydroxylation is 2. The van der Waals surface area contributed by atoms with Gasteiger partial charge in [0.15, 0.2) is 15.0 Å². The quantitative estimate of drug-likeness (QED) is 0.805. The monoisotopic (exact) mass is 366 g/mol. The first kappa shape index (κ1) is 17.5. The topological polar surface area (TPSA) is 66.8 Å². The van der Waals surface area contributed by atoms with Gasteiger partial charge in [-0.05, 0) is 37.1 Å². The molecule has 2 aliphatic heterocycles. The van der Waals surface area contributed by atoms with Gasteiger partial charge in [-0.2, -0.15) is 4.99 Å². The van der Waals surface area contributed by atoms with Crippen LogP contribution < -0.4 is 4.90 Å². The third-order valence-electron chi connectivity index (χ3n) is 4.53. The van der Waals surface area contributed by atoms with Crippen LogP contribution in [0.3, 0.4) is 0 Å². The van der Waals surface area contributed by atoms with Crippen molar-refractivity contribution in [1.29, 1.82) is 0 Å². The maximum absolute atomic E-state index is 12.1. The fourth-order valence-electron chi connectivity index (χ4n) is 2.97. The van der Waals surface area contributed by atoms with E-state index in [9.17, 15) is 13.2 Å². The van der Waals surface area contributed by atoms with Crippen molar-refractivity contribution >= 4 is 38.4 Å². The van der Waals surface area contributed by atoms with Crippen molar-refractivity contribution in [3.05, 3.63) is 29.3 Å². The van der Waals surface area contributed by atoms with E-state index in [0.29, 0.717) is 5.17 Å². The van der Waals surface area contributed by atoms with Gasteiger partial charge in [0, 0.05) is 16.9 Å². The summed E-state index contributed by atoms with van der Waals surface area (Å²) < 4.78 is 24.1. The highest BCUT2D eigenvalue weighted by Crippen LogP contribution is 2.41. The minimum Gasteiger partial charge on any atom is -0.316 e. The molecule has 1 aromatic rings. The fraction of sp³-hybridized carbons (Fsp3) is 0.529. The Kier molecular flexibility index (Phi) is 4.51. The van der Waals surface area contributed by atoms with Gasteiger partial charge < -0.3 is 4.90 Å². The summed E-state index contributed by atoms with van der Waals surface area (Å²) in [5.41, 5.74) is 3.22. The van der Waals surface area contributed by atoms with Gasteiger partial charge in [0.25, 0.3) is 5.91 Å². The van der Waals surface area contributed by atoms with Crippen molar-refractivity contribution in [2.75, 3.05) is 16.4 Å². The van der Waals surface area contributed by atoms with Gasteiger partial charge in [0.05, 0.1) is 17.5 Å². The minimum absolute atomic E-state index is 0.0599. The average Bonchev–Trinajstić information content (AvgIpc) is 2.93. The molecule has 2 fully saturated rings. The predicted octanol–water partition coefficient (Wildman–Crippen LogP) is 2.56. The lowest BCUT2D eigenvalue weighted by atomic mass is 10.1. The Balaban J connectivity index is 2.04. The second kappa shape index (κ2) is 6.19. The molecule has 2 heterocycles. The Labute approximate surface area is 147 Å². The van der Waals surface area contributed by atoms with E-state index in [1.165, 1.54) is 17.3 Å². The Bertz CT molecular complexity index is 815. The van der Waals surface area contributed by atoms with Crippen LogP contribution >= 0.6 is 11.8 Å². The van der Waals surface area contributed by atoms with E-state index in [2.05, 4.69) is 4.99 Å². The molecule has 2 atom stereocenters. The van der Waals surface area contributed by atoms with E-state index in [1.807, 2.05) is 50.8 Å². The zero-order valence-electron chi connectivity index (χ0n) is 14.3. The number of rotatable bonds is 2. The van der Waals surface area contributed by atoms with E-state index < -0.39 is 9.84 Å². The van der Waals surface area contributed by atoms with Crippen LogP contribution in [-0.2, 0) is 14.6 Å². The van der Waals surface area contributed by atoms with E-state index in [0.717, 1.165) is 11.3 Å². The zero-order valence-corrected chi connectivity index (χ0v) is 15.9. The van der Waals surface area contributed by atoms with Crippen LogP contribution in [0, 0.1) is 19.8 Å². The summed E-state index contributed by atoms with van der Waals surface area (Å²) in [6.45, 7) is 7.70. The first-order valence-electron chi connectivity index (χ1n) is 8.04. The van der Waals surface area contributed by atoms with E-state index in [4.69, 9.17) is 0 Å². The van der Waals surface area contributed by atoms with Crippen molar-refractivity contribution < 1.29 is 13.2 Å². The van der Waals surface area contributed by atoms with Gasteiger partial charge in [0.2, 0.25) is 0 Å². The van der Waals surface area contributed by atoms with E-state index in [1.54, 1.807) is 0 Å². The molecule has 130 valence electrons. The normalized spacial score (nSPS) is 27.0. The maximum Gasteiger partial charge on any atom is 0.250 e. The standard InChI is InChI=1S/C17H22N2O3S2/c1-10(2)16(20)18-17-19(13-6-5-11(3)12(4)7-13)14-8-24(21,22)9-15(14)23-17/h5-7,10,14-15H,8-9H2,1-4H3/t14-,15-/m0/s1. The molecule has 24 heavy (non-hydrogen) atoms. The molecule has 0 aromatic heterocycles. The molecule has 5 nitrogen and oxygen atoms in total. The van der Waals surface area contributed by atoms with Crippen molar-refractivity contribution in [3.63, 3.8) is 0 Å². The van der Waals surface area contributed by atoms with Crippen molar-refractivity contribution in [2.24, 2.45) is 10.9 Å². The highest BCUT2D eigenvalue weighted by Gasteiger charge is 2.49. The molecule has 1 aromatic carbocycles. The summed E-state index contributed by atoms with van der Waals surface area (Å²) in [6, 6.07) is 5.89. The third kappa shape index (κ3) is 3.24. The van der Waals surface area contributed by atoms with Crippen LogP contribution in [0.4, 0.5) is 5.69 Å². The SMILES string of the molecule is Cc1ccc(N2C(=NC(=O)C(C)C)S[C@H]3CS(=O)(=O)C[C@@H]32)cc1C.